The van der Waals surface area contributed by atoms with Crippen molar-refractivity contribution < 1.29 is 4.42 Å². The monoisotopic (exact) mass is 878 g/mol. The van der Waals surface area contributed by atoms with Crippen LogP contribution < -0.4 is 0 Å². The van der Waals surface area contributed by atoms with Crippen LogP contribution in [0.4, 0.5) is 0 Å². The molecule has 0 N–H and O–H groups in total. The predicted molar refractivity (Wildman–Crippen MR) is 279 cm³/mol. The maximum absolute atomic E-state index is 7.01. The van der Waals surface area contributed by atoms with Gasteiger partial charge in [-0.2, -0.15) is 0 Å². The Hall–Kier alpha value is -9.19. The second-order valence-corrected chi connectivity index (χ2v) is 18.2. The summed E-state index contributed by atoms with van der Waals surface area (Å²) in [6.07, 6.45) is 0. The SMILES string of the molecule is c1ccc(-c2cccc(-c3nc(-c4ccccc4)nc(-c4ccc(-n5c6ccccc6c6c7c(ccc65)C5(c6ccccc6-c6ccccc65)c5ccccc5-7)c5c4oc4ccccc45)n3)c2)cc1. The smallest absolute Gasteiger partial charge is 0.167 e. The van der Waals surface area contributed by atoms with Crippen molar-refractivity contribution in [1.29, 1.82) is 0 Å². The molecule has 0 fully saturated rings. The molecule has 69 heavy (non-hydrogen) atoms. The van der Waals surface area contributed by atoms with Gasteiger partial charge in [0.15, 0.2) is 17.5 Å². The third-order valence-electron chi connectivity index (χ3n) is 14.7. The molecule has 3 aromatic heterocycles. The minimum absolute atomic E-state index is 0.447. The van der Waals surface area contributed by atoms with Crippen LogP contribution in [0.2, 0.25) is 0 Å². The van der Waals surface area contributed by atoms with Crippen LogP contribution in [-0.2, 0) is 5.41 Å². The normalized spacial score (nSPS) is 13.0. The molecule has 2 aliphatic rings. The fourth-order valence-corrected chi connectivity index (χ4v) is 11.9. The summed E-state index contributed by atoms with van der Waals surface area (Å²) < 4.78 is 9.46. The Morgan fingerprint density at radius 3 is 1.67 bits per heavy atom. The fraction of sp³-hybridized carbons (Fsp3) is 0.0156. The van der Waals surface area contributed by atoms with E-state index in [4.69, 9.17) is 19.4 Å². The molecule has 5 heteroatoms. The van der Waals surface area contributed by atoms with Crippen molar-refractivity contribution in [1.82, 2.24) is 19.5 Å². The number of rotatable bonds is 5. The molecule has 320 valence electrons. The van der Waals surface area contributed by atoms with Gasteiger partial charge < -0.3 is 8.98 Å². The van der Waals surface area contributed by atoms with Crippen molar-refractivity contribution in [3.63, 3.8) is 0 Å². The molecule has 5 nitrogen and oxygen atoms in total. The summed E-state index contributed by atoms with van der Waals surface area (Å²) in [6.45, 7) is 0. The maximum atomic E-state index is 7.01. The Bertz CT molecular complexity index is 4210. The van der Waals surface area contributed by atoms with Gasteiger partial charge in [-0.15, -0.1) is 0 Å². The molecule has 2 aliphatic carbocycles. The van der Waals surface area contributed by atoms with Crippen LogP contribution in [0, 0.1) is 0 Å². The summed E-state index contributed by atoms with van der Waals surface area (Å²) in [4.78, 5) is 15.6. The second-order valence-electron chi connectivity index (χ2n) is 18.2. The number of aromatic nitrogens is 4. The number of para-hydroxylation sites is 2. The predicted octanol–water partition coefficient (Wildman–Crippen LogP) is 15.9. The molecule has 0 aliphatic heterocycles. The van der Waals surface area contributed by atoms with E-state index in [-0.39, 0.29) is 0 Å². The lowest BCUT2D eigenvalue weighted by molar-refractivity contribution is 0.669. The second kappa shape index (κ2) is 14.4. The first kappa shape index (κ1) is 38.0. The van der Waals surface area contributed by atoms with E-state index >= 15 is 0 Å². The van der Waals surface area contributed by atoms with Gasteiger partial charge >= 0.3 is 0 Å². The molecule has 0 saturated heterocycles. The van der Waals surface area contributed by atoms with E-state index in [2.05, 4.69) is 193 Å². The van der Waals surface area contributed by atoms with Crippen LogP contribution >= 0.6 is 0 Å². The van der Waals surface area contributed by atoms with Crippen LogP contribution in [0.15, 0.2) is 235 Å². The topological polar surface area (TPSA) is 56.7 Å². The Morgan fingerprint density at radius 1 is 0.348 bits per heavy atom. The molecule has 3 heterocycles. The Morgan fingerprint density at radius 2 is 0.913 bits per heavy atom. The lowest BCUT2D eigenvalue weighted by Gasteiger charge is -2.30. The first-order valence-electron chi connectivity index (χ1n) is 23.5. The van der Waals surface area contributed by atoms with Crippen LogP contribution in [-0.4, -0.2) is 19.5 Å². The molecule has 0 amide bonds. The quantitative estimate of drug-likeness (QED) is 0.173. The summed E-state index contributed by atoms with van der Waals surface area (Å²) in [6, 6.07) is 82.5. The molecule has 1 spiro atoms. The van der Waals surface area contributed by atoms with Crippen LogP contribution in [0.1, 0.15) is 22.3 Å². The van der Waals surface area contributed by atoms with Crippen molar-refractivity contribution in [2.75, 3.05) is 0 Å². The van der Waals surface area contributed by atoms with E-state index in [1.54, 1.807) is 0 Å². The molecule has 0 atom stereocenters. The molecule has 13 aromatic rings. The summed E-state index contributed by atoms with van der Waals surface area (Å²) in [5, 5.41) is 4.46. The summed E-state index contributed by atoms with van der Waals surface area (Å²) in [5.74, 6) is 1.72. The van der Waals surface area contributed by atoms with Crippen molar-refractivity contribution >= 4 is 43.7 Å². The Balaban J connectivity index is 0.993. The molecular formula is C64H38N4O. The third-order valence-corrected chi connectivity index (χ3v) is 14.7. The number of nitrogens with zero attached hydrogens (tertiary/aromatic N) is 4. The van der Waals surface area contributed by atoms with E-state index < -0.39 is 5.41 Å². The average molecular weight is 879 g/mol. The highest BCUT2D eigenvalue weighted by molar-refractivity contribution is 6.21. The standard InChI is InChI=1S/C64H38N4O/c1-3-18-39(19-4-1)41-22-17-23-42(38-41)62-65-61(40-20-5-2-6-21-40)66-63(67-62)48-34-36-55(59-47-28-11-16-33-56(47)69-60(48)59)68-53-32-15-10-27-46(53)58-54(68)37-35-52-57(58)45-26-9-14-31-51(45)64(52)49-29-12-7-24-43(49)44-25-8-13-30-50(44)64/h1-38H. The van der Waals surface area contributed by atoms with Gasteiger partial charge in [0.25, 0.3) is 0 Å². The van der Waals surface area contributed by atoms with Gasteiger partial charge in [-0.05, 0) is 92.0 Å². The van der Waals surface area contributed by atoms with Crippen molar-refractivity contribution in [2.45, 2.75) is 5.41 Å². The first-order valence-corrected chi connectivity index (χ1v) is 23.5. The van der Waals surface area contributed by atoms with E-state index in [0.717, 1.165) is 66.5 Å². The van der Waals surface area contributed by atoms with Crippen LogP contribution in [0.5, 0.6) is 0 Å². The minimum atomic E-state index is -0.447. The van der Waals surface area contributed by atoms with Crippen molar-refractivity contribution in [2.24, 2.45) is 0 Å². The zero-order valence-corrected chi connectivity index (χ0v) is 37.1. The van der Waals surface area contributed by atoms with E-state index in [9.17, 15) is 0 Å². The number of hydrogen-bond donors (Lipinski definition) is 0. The number of benzene rings is 10. The third kappa shape index (κ3) is 5.27. The summed E-state index contributed by atoms with van der Waals surface area (Å²) in [5.41, 5.74) is 19.7. The summed E-state index contributed by atoms with van der Waals surface area (Å²) in [7, 11) is 0. The summed E-state index contributed by atoms with van der Waals surface area (Å²) >= 11 is 0. The lowest BCUT2D eigenvalue weighted by Crippen LogP contribution is -2.25. The van der Waals surface area contributed by atoms with Crippen molar-refractivity contribution in [3.8, 4) is 73.2 Å². The van der Waals surface area contributed by atoms with Crippen LogP contribution in [0.25, 0.3) is 117 Å². The zero-order valence-electron chi connectivity index (χ0n) is 37.1. The molecule has 10 aromatic carbocycles. The number of hydrogen-bond acceptors (Lipinski definition) is 4. The van der Waals surface area contributed by atoms with Crippen molar-refractivity contribution in [3.05, 3.63) is 253 Å². The first-order chi connectivity index (χ1) is 34.2. The molecular weight excluding hydrogens is 841 g/mol. The van der Waals surface area contributed by atoms with Gasteiger partial charge in [-0.1, -0.05) is 194 Å². The van der Waals surface area contributed by atoms with E-state index in [0.29, 0.717) is 17.5 Å². The fourth-order valence-electron chi connectivity index (χ4n) is 11.9. The molecule has 0 bridgehead atoms. The van der Waals surface area contributed by atoms with Gasteiger partial charge in [0.2, 0.25) is 0 Å². The van der Waals surface area contributed by atoms with Gasteiger partial charge in [-0.25, -0.2) is 15.0 Å². The van der Waals surface area contributed by atoms with Gasteiger partial charge in [0.1, 0.15) is 11.2 Å². The maximum Gasteiger partial charge on any atom is 0.167 e. The number of furan rings is 1. The zero-order chi connectivity index (χ0) is 45.2. The minimum Gasteiger partial charge on any atom is -0.455 e. The number of fused-ring (bicyclic) bond motifs is 17. The average Bonchev–Trinajstić information content (AvgIpc) is 4.15. The molecule has 15 rings (SSSR count). The highest BCUT2D eigenvalue weighted by atomic mass is 16.3. The molecule has 0 unspecified atom stereocenters. The largest absolute Gasteiger partial charge is 0.455 e. The Labute approximate surface area is 397 Å². The lowest BCUT2D eigenvalue weighted by atomic mass is 9.70. The molecule has 0 saturated carbocycles. The van der Waals surface area contributed by atoms with Gasteiger partial charge in [0, 0.05) is 27.3 Å². The van der Waals surface area contributed by atoms with E-state index in [1.807, 2.05) is 42.5 Å². The van der Waals surface area contributed by atoms with E-state index in [1.165, 1.54) is 55.3 Å². The van der Waals surface area contributed by atoms with Crippen LogP contribution in [0.3, 0.4) is 0 Å². The molecule has 0 radical (unpaired) electrons. The highest BCUT2D eigenvalue weighted by Gasteiger charge is 2.52. The Kier molecular flexibility index (Phi) is 7.93. The van der Waals surface area contributed by atoms with Gasteiger partial charge in [-0.3, -0.25) is 0 Å². The van der Waals surface area contributed by atoms with Gasteiger partial charge in [0.05, 0.1) is 33.1 Å². The highest BCUT2D eigenvalue weighted by Crippen LogP contribution is 2.64.